The first-order chi connectivity index (χ1) is 15.1. The molecule has 1 atom stereocenters. The van der Waals surface area contributed by atoms with Crippen molar-refractivity contribution in [2.45, 2.75) is 33.2 Å². The number of furan rings is 1. The third-order valence-corrected chi connectivity index (χ3v) is 6.27. The molecule has 0 amide bonds. The largest absolute Gasteiger partial charge is 0.477 e. The number of aromatic nitrogens is 3. The first-order valence-electron chi connectivity index (χ1n) is 10.3. The Morgan fingerprint density at radius 3 is 2.66 bits per heavy atom. The van der Waals surface area contributed by atoms with Crippen LogP contribution in [0.1, 0.15) is 42.7 Å². The van der Waals surface area contributed by atoms with Crippen LogP contribution >= 0.6 is 0 Å². The maximum atomic E-state index is 15.4. The lowest BCUT2D eigenvalue weighted by molar-refractivity contribution is 0.0692. The molecule has 0 spiro atoms. The molecule has 0 radical (unpaired) electrons. The molecule has 4 aromatic rings. The lowest BCUT2D eigenvalue weighted by Gasteiger charge is -2.37. The van der Waals surface area contributed by atoms with E-state index in [0.29, 0.717) is 12.0 Å². The van der Waals surface area contributed by atoms with Crippen LogP contribution in [0.4, 0.5) is 4.39 Å². The maximum absolute atomic E-state index is 15.4. The number of aromatic carboxylic acids is 1. The number of rotatable bonds is 2. The Labute approximate surface area is 182 Å². The van der Waals surface area contributed by atoms with Crippen molar-refractivity contribution in [3.8, 4) is 22.7 Å². The van der Waals surface area contributed by atoms with Gasteiger partial charge in [0.2, 0.25) is 5.43 Å². The average molecular weight is 435 g/mol. The fourth-order valence-corrected chi connectivity index (χ4v) is 4.64. The summed E-state index contributed by atoms with van der Waals surface area (Å²) in [6.45, 7) is 6.02. The van der Waals surface area contributed by atoms with Crippen LogP contribution < -0.4 is 5.43 Å². The number of nitrogens with zero attached hydrogens (tertiary/aromatic N) is 3. The fourth-order valence-electron chi connectivity index (χ4n) is 4.64. The highest BCUT2D eigenvalue weighted by Crippen LogP contribution is 2.48. The first-order valence-corrected chi connectivity index (χ1v) is 10.3. The first kappa shape index (κ1) is 20.2. The summed E-state index contributed by atoms with van der Waals surface area (Å²) >= 11 is 0. The van der Waals surface area contributed by atoms with E-state index in [2.05, 4.69) is 5.10 Å². The lowest BCUT2D eigenvalue weighted by atomic mass is 9.79. The number of aryl methyl sites for hydroxylation is 1. The predicted octanol–water partition coefficient (Wildman–Crippen LogP) is 4.64. The van der Waals surface area contributed by atoms with Crippen LogP contribution in [0, 0.1) is 11.2 Å². The highest BCUT2D eigenvalue weighted by atomic mass is 19.1. The van der Waals surface area contributed by atoms with Crippen molar-refractivity contribution in [2.24, 2.45) is 12.5 Å². The van der Waals surface area contributed by atoms with Gasteiger partial charge >= 0.3 is 5.97 Å². The standard InChI is InChI=1S/C24H22FN3O4/c1-24(2,3)17-10-14-12-6-5-7-13(16-8-9-26-27(16)4)21(12)32-22(14)19-18(25)20(29)15(23(30)31)11-28(17)19/h5-9,11,17H,10H2,1-4H3,(H,30,31). The number of carbonyl (C=O) groups is 1. The van der Waals surface area contributed by atoms with Crippen LogP contribution in [-0.4, -0.2) is 25.4 Å². The minimum atomic E-state index is -1.45. The smallest absolute Gasteiger partial charge is 0.341 e. The highest BCUT2D eigenvalue weighted by Gasteiger charge is 2.39. The van der Waals surface area contributed by atoms with Gasteiger partial charge in [-0.15, -0.1) is 0 Å². The van der Waals surface area contributed by atoms with Gasteiger partial charge in [-0.3, -0.25) is 9.48 Å². The number of para-hydroxylation sites is 1. The second-order valence-corrected chi connectivity index (χ2v) is 9.26. The van der Waals surface area contributed by atoms with Gasteiger partial charge in [0.1, 0.15) is 16.8 Å². The van der Waals surface area contributed by atoms with Crippen LogP contribution in [0.3, 0.4) is 0 Å². The quantitative estimate of drug-likeness (QED) is 0.495. The summed E-state index contributed by atoms with van der Waals surface area (Å²) in [5.41, 5.74) is 0.962. The van der Waals surface area contributed by atoms with Gasteiger partial charge in [-0.2, -0.15) is 5.10 Å². The summed E-state index contributed by atoms with van der Waals surface area (Å²) < 4.78 is 25.0. The van der Waals surface area contributed by atoms with Gasteiger partial charge in [-0.1, -0.05) is 32.9 Å². The molecule has 0 bridgehead atoms. The molecule has 0 aliphatic carbocycles. The molecule has 4 heterocycles. The number of benzene rings is 1. The Morgan fingerprint density at radius 2 is 2.03 bits per heavy atom. The third kappa shape index (κ3) is 2.75. The van der Waals surface area contributed by atoms with Gasteiger partial charge in [0, 0.05) is 42.0 Å². The van der Waals surface area contributed by atoms with E-state index in [1.54, 1.807) is 15.4 Å². The highest BCUT2D eigenvalue weighted by molar-refractivity contribution is 5.97. The third-order valence-electron chi connectivity index (χ3n) is 6.27. The zero-order chi connectivity index (χ0) is 22.9. The van der Waals surface area contributed by atoms with Crippen molar-refractivity contribution < 1.29 is 18.7 Å². The van der Waals surface area contributed by atoms with Crippen LogP contribution in [0.2, 0.25) is 0 Å². The number of halogens is 1. The zero-order valence-corrected chi connectivity index (χ0v) is 18.1. The molecule has 5 rings (SSSR count). The summed E-state index contributed by atoms with van der Waals surface area (Å²) in [6, 6.07) is 7.34. The molecule has 1 aliphatic rings. The molecule has 7 nitrogen and oxygen atoms in total. The van der Waals surface area contributed by atoms with Gasteiger partial charge in [0.15, 0.2) is 11.6 Å². The molecule has 32 heavy (non-hydrogen) atoms. The van der Waals surface area contributed by atoms with E-state index in [1.807, 2.05) is 52.1 Å². The van der Waals surface area contributed by atoms with E-state index in [9.17, 15) is 14.7 Å². The van der Waals surface area contributed by atoms with Crippen LogP contribution in [0.25, 0.3) is 33.7 Å². The predicted molar refractivity (Wildman–Crippen MR) is 117 cm³/mol. The maximum Gasteiger partial charge on any atom is 0.341 e. The number of carboxylic acids is 1. The molecule has 0 saturated heterocycles. The van der Waals surface area contributed by atoms with Crippen LogP contribution in [0.5, 0.6) is 0 Å². The average Bonchev–Trinajstić information content (AvgIpc) is 3.31. The summed E-state index contributed by atoms with van der Waals surface area (Å²) in [7, 11) is 1.83. The molecular weight excluding hydrogens is 413 g/mol. The van der Waals surface area contributed by atoms with Crippen LogP contribution in [0.15, 0.2) is 45.9 Å². The van der Waals surface area contributed by atoms with E-state index in [0.717, 1.165) is 22.2 Å². The van der Waals surface area contributed by atoms with Crippen molar-refractivity contribution in [3.05, 3.63) is 63.8 Å². The van der Waals surface area contributed by atoms with Gasteiger partial charge in [0.05, 0.1) is 5.69 Å². The number of pyridine rings is 1. The summed E-state index contributed by atoms with van der Waals surface area (Å²) in [4.78, 5) is 24.1. The Balaban J connectivity index is 1.88. The number of hydrogen-bond acceptors (Lipinski definition) is 4. The van der Waals surface area contributed by atoms with Crippen molar-refractivity contribution >= 4 is 16.9 Å². The second-order valence-electron chi connectivity index (χ2n) is 9.26. The molecule has 3 aromatic heterocycles. The molecular formula is C24H22FN3O4. The molecule has 0 fully saturated rings. The summed E-state index contributed by atoms with van der Waals surface area (Å²) in [6.07, 6.45) is 3.45. The van der Waals surface area contributed by atoms with Crippen LogP contribution in [-0.2, 0) is 13.5 Å². The molecule has 1 aromatic carbocycles. The van der Waals surface area contributed by atoms with E-state index in [4.69, 9.17) is 4.42 Å². The van der Waals surface area contributed by atoms with Gasteiger partial charge in [0.25, 0.3) is 0 Å². The van der Waals surface area contributed by atoms with Crippen molar-refractivity contribution in [3.63, 3.8) is 0 Å². The number of carboxylic acid groups (broad SMARTS) is 1. The van der Waals surface area contributed by atoms with E-state index < -0.39 is 22.8 Å². The Kier molecular flexibility index (Phi) is 4.21. The minimum absolute atomic E-state index is 0.00617. The molecule has 1 N–H and O–H groups in total. The van der Waals surface area contributed by atoms with E-state index in [1.165, 1.54) is 6.20 Å². The lowest BCUT2D eigenvalue weighted by Crippen LogP contribution is -2.34. The Bertz CT molecular complexity index is 1470. The van der Waals surface area contributed by atoms with Gasteiger partial charge < -0.3 is 14.1 Å². The minimum Gasteiger partial charge on any atom is -0.477 e. The summed E-state index contributed by atoms with van der Waals surface area (Å²) in [5, 5.41) is 14.5. The van der Waals surface area contributed by atoms with Gasteiger partial charge in [-0.25, -0.2) is 9.18 Å². The second kappa shape index (κ2) is 6.66. The Morgan fingerprint density at radius 1 is 1.28 bits per heavy atom. The van der Waals surface area contributed by atoms with E-state index in [-0.39, 0.29) is 22.9 Å². The summed E-state index contributed by atoms with van der Waals surface area (Å²) in [5.74, 6) is -2.30. The monoisotopic (exact) mass is 435 g/mol. The molecule has 1 unspecified atom stereocenters. The van der Waals surface area contributed by atoms with Gasteiger partial charge in [-0.05, 0) is 24.0 Å². The number of fused-ring (bicyclic) bond motifs is 5. The Hall–Kier alpha value is -3.68. The molecule has 164 valence electrons. The van der Waals surface area contributed by atoms with Crippen molar-refractivity contribution in [2.75, 3.05) is 0 Å². The zero-order valence-electron chi connectivity index (χ0n) is 18.1. The SMILES string of the molecule is Cn1nccc1-c1cccc2c3c(oc12)-c1c(F)c(=O)c(C(=O)O)cn1C(C(C)(C)C)C3. The molecule has 8 heteroatoms. The fraction of sp³-hybridized carbons (Fsp3) is 0.292. The molecule has 0 saturated carbocycles. The van der Waals surface area contributed by atoms with Crippen molar-refractivity contribution in [1.82, 2.24) is 14.3 Å². The van der Waals surface area contributed by atoms with Crippen molar-refractivity contribution in [1.29, 1.82) is 0 Å². The van der Waals surface area contributed by atoms with E-state index >= 15 is 4.39 Å². The topological polar surface area (TPSA) is 90.3 Å². The molecule has 1 aliphatic heterocycles. The number of hydrogen-bond donors (Lipinski definition) is 1. The normalized spacial score (nSPS) is 15.6.